The molecular formula is C15H10ClF3NO. The van der Waals surface area contributed by atoms with Crippen LogP contribution < -0.4 is 0 Å². The minimum atomic E-state index is -4.37. The van der Waals surface area contributed by atoms with E-state index in [0.717, 1.165) is 12.1 Å². The fourth-order valence-corrected chi connectivity index (χ4v) is 1.76. The first-order chi connectivity index (χ1) is 9.97. The SMILES string of the molecule is FC(F)(F)c1cccc(CO/N=[C]\c2ccccc2Cl)c1. The summed E-state index contributed by atoms with van der Waals surface area (Å²) in [7, 11) is 0. The van der Waals surface area contributed by atoms with Crippen LogP contribution in [0.15, 0.2) is 53.7 Å². The predicted molar refractivity (Wildman–Crippen MR) is 74.2 cm³/mol. The molecule has 0 atom stereocenters. The highest BCUT2D eigenvalue weighted by atomic mass is 35.5. The smallest absolute Gasteiger partial charge is 0.390 e. The van der Waals surface area contributed by atoms with Crippen molar-refractivity contribution >= 4 is 17.8 Å². The van der Waals surface area contributed by atoms with Crippen LogP contribution in [0.1, 0.15) is 16.7 Å². The van der Waals surface area contributed by atoms with Gasteiger partial charge in [-0.2, -0.15) is 13.2 Å². The highest BCUT2D eigenvalue weighted by molar-refractivity contribution is 6.33. The van der Waals surface area contributed by atoms with Crippen molar-refractivity contribution in [3.8, 4) is 0 Å². The zero-order chi connectivity index (χ0) is 15.3. The third-order valence-electron chi connectivity index (χ3n) is 2.59. The molecule has 2 aromatic carbocycles. The quantitative estimate of drug-likeness (QED) is 0.588. The van der Waals surface area contributed by atoms with Crippen LogP contribution in [0, 0.1) is 0 Å². The number of rotatable bonds is 4. The van der Waals surface area contributed by atoms with E-state index in [1.54, 1.807) is 24.3 Å². The summed E-state index contributed by atoms with van der Waals surface area (Å²) in [5.41, 5.74) is 0.195. The van der Waals surface area contributed by atoms with Gasteiger partial charge in [-0.25, -0.2) is 0 Å². The Morgan fingerprint density at radius 2 is 1.86 bits per heavy atom. The summed E-state index contributed by atoms with van der Waals surface area (Å²) in [6.45, 7) is -0.0820. The molecule has 109 valence electrons. The topological polar surface area (TPSA) is 21.6 Å². The van der Waals surface area contributed by atoms with E-state index < -0.39 is 11.7 Å². The lowest BCUT2D eigenvalue weighted by Gasteiger charge is -2.07. The first kappa shape index (κ1) is 15.4. The Bertz CT molecular complexity index is 641. The number of alkyl halides is 3. The zero-order valence-corrected chi connectivity index (χ0v) is 11.4. The third kappa shape index (κ3) is 4.49. The summed E-state index contributed by atoms with van der Waals surface area (Å²) in [4.78, 5) is 4.93. The van der Waals surface area contributed by atoms with Crippen molar-refractivity contribution < 1.29 is 18.0 Å². The van der Waals surface area contributed by atoms with E-state index in [0.29, 0.717) is 16.1 Å². The molecule has 0 aromatic heterocycles. The average Bonchev–Trinajstić information content (AvgIpc) is 2.45. The van der Waals surface area contributed by atoms with Gasteiger partial charge < -0.3 is 4.84 Å². The van der Waals surface area contributed by atoms with Crippen molar-refractivity contribution in [3.63, 3.8) is 0 Å². The van der Waals surface area contributed by atoms with Crippen molar-refractivity contribution in [3.05, 3.63) is 70.2 Å². The lowest BCUT2D eigenvalue weighted by Crippen LogP contribution is -2.05. The van der Waals surface area contributed by atoms with Crippen LogP contribution in [0.5, 0.6) is 0 Å². The maximum absolute atomic E-state index is 12.5. The van der Waals surface area contributed by atoms with Crippen molar-refractivity contribution in [2.24, 2.45) is 5.16 Å². The molecule has 0 unspecified atom stereocenters. The zero-order valence-electron chi connectivity index (χ0n) is 10.7. The Balaban J connectivity index is 1.97. The van der Waals surface area contributed by atoms with Crippen molar-refractivity contribution in [1.82, 2.24) is 0 Å². The van der Waals surface area contributed by atoms with Crippen LogP contribution >= 0.6 is 11.6 Å². The van der Waals surface area contributed by atoms with Gasteiger partial charge in [0.2, 0.25) is 0 Å². The van der Waals surface area contributed by atoms with Gasteiger partial charge in [0, 0.05) is 5.56 Å². The van der Waals surface area contributed by atoms with Gasteiger partial charge in [0.05, 0.1) is 10.6 Å². The van der Waals surface area contributed by atoms with Gasteiger partial charge in [-0.1, -0.05) is 47.1 Å². The van der Waals surface area contributed by atoms with Gasteiger partial charge >= 0.3 is 6.18 Å². The molecule has 0 bridgehead atoms. The highest BCUT2D eigenvalue weighted by Crippen LogP contribution is 2.29. The van der Waals surface area contributed by atoms with Crippen LogP contribution in [-0.4, -0.2) is 6.21 Å². The second kappa shape index (κ2) is 6.63. The molecule has 0 saturated heterocycles. The first-order valence-electron chi connectivity index (χ1n) is 5.95. The van der Waals surface area contributed by atoms with Gasteiger partial charge in [-0.05, 0) is 23.8 Å². The Kier molecular flexibility index (Phi) is 4.85. The molecule has 2 aromatic rings. The van der Waals surface area contributed by atoms with Crippen LogP contribution in [0.4, 0.5) is 13.2 Å². The molecule has 0 spiro atoms. The minimum Gasteiger partial charge on any atom is -0.390 e. The van der Waals surface area contributed by atoms with Crippen LogP contribution in [0.3, 0.4) is 0 Å². The predicted octanol–water partition coefficient (Wildman–Crippen LogP) is 4.79. The molecule has 1 radical (unpaired) electrons. The van der Waals surface area contributed by atoms with Gasteiger partial charge in [0.25, 0.3) is 0 Å². The van der Waals surface area contributed by atoms with Crippen molar-refractivity contribution in [1.29, 1.82) is 0 Å². The van der Waals surface area contributed by atoms with E-state index >= 15 is 0 Å². The minimum absolute atomic E-state index is 0.0820. The van der Waals surface area contributed by atoms with E-state index in [9.17, 15) is 13.2 Å². The molecule has 0 aliphatic heterocycles. The molecule has 0 amide bonds. The fraction of sp³-hybridized carbons (Fsp3) is 0.133. The summed E-state index contributed by atoms with van der Waals surface area (Å²) in [5.74, 6) is 0. The van der Waals surface area contributed by atoms with Crippen LogP contribution in [-0.2, 0) is 17.6 Å². The Morgan fingerprint density at radius 3 is 2.57 bits per heavy atom. The molecule has 0 saturated carbocycles. The molecule has 2 nitrogen and oxygen atoms in total. The molecule has 0 N–H and O–H groups in total. The third-order valence-corrected chi connectivity index (χ3v) is 2.92. The van der Waals surface area contributed by atoms with E-state index in [2.05, 4.69) is 11.4 Å². The number of halogens is 4. The number of benzene rings is 2. The van der Waals surface area contributed by atoms with Crippen molar-refractivity contribution in [2.45, 2.75) is 12.8 Å². The highest BCUT2D eigenvalue weighted by Gasteiger charge is 2.30. The molecule has 0 fully saturated rings. The number of hydrogen-bond acceptors (Lipinski definition) is 2. The fourth-order valence-electron chi connectivity index (χ4n) is 1.58. The summed E-state index contributed by atoms with van der Waals surface area (Å²) in [6, 6.07) is 11.8. The van der Waals surface area contributed by atoms with Gasteiger partial charge in [-0.3, -0.25) is 0 Å². The molecule has 0 heterocycles. The lowest BCUT2D eigenvalue weighted by atomic mass is 10.1. The molecule has 6 heteroatoms. The summed E-state index contributed by atoms with van der Waals surface area (Å²) in [6.07, 6.45) is -1.80. The molecule has 0 aliphatic rings. The second-order valence-corrected chi connectivity index (χ2v) is 4.56. The van der Waals surface area contributed by atoms with Gasteiger partial charge in [-0.15, -0.1) is 0 Å². The van der Waals surface area contributed by atoms with Crippen molar-refractivity contribution in [2.75, 3.05) is 0 Å². The number of nitrogens with zero attached hydrogens (tertiary/aromatic N) is 1. The summed E-state index contributed by atoms with van der Waals surface area (Å²) < 4.78 is 37.6. The molecule has 21 heavy (non-hydrogen) atoms. The molecule has 2 rings (SSSR count). The number of hydrogen-bond donors (Lipinski definition) is 0. The summed E-state index contributed by atoms with van der Waals surface area (Å²) >= 11 is 5.89. The van der Waals surface area contributed by atoms with Crippen LogP contribution in [0.25, 0.3) is 0 Å². The van der Waals surface area contributed by atoms with E-state index in [1.165, 1.54) is 12.1 Å². The maximum Gasteiger partial charge on any atom is 0.416 e. The molecule has 0 aliphatic carbocycles. The van der Waals surface area contributed by atoms with E-state index in [4.69, 9.17) is 16.4 Å². The molecular weight excluding hydrogens is 303 g/mol. The first-order valence-corrected chi connectivity index (χ1v) is 6.33. The normalized spacial score (nSPS) is 11.8. The largest absolute Gasteiger partial charge is 0.416 e. The second-order valence-electron chi connectivity index (χ2n) is 4.15. The Hall–Kier alpha value is -2.01. The van der Waals surface area contributed by atoms with Gasteiger partial charge in [0.1, 0.15) is 12.8 Å². The standard InChI is InChI=1S/C15H10ClF3NO/c16-14-7-2-1-5-12(14)9-20-21-10-11-4-3-6-13(8-11)15(17,18)19/h1-8H,10H2. The van der Waals surface area contributed by atoms with E-state index in [-0.39, 0.29) is 6.61 Å². The maximum atomic E-state index is 12.5. The van der Waals surface area contributed by atoms with Crippen LogP contribution in [0.2, 0.25) is 5.02 Å². The average molecular weight is 313 g/mol. The monoisotopic (exact) mass is 312 g/mol. The Morgan fingerprint density at radius 1 is 1.10 bits per heavy atom. The summed E-state index contributed by atoms with van der Waals surface area (Å²) in [5, 5.41) is 4.04. The lowest BCUT2D eigenvalue weighted by molar-refractivity contribution is -0.137. The Labute approximate surface area is 124 Å². The van der Waals surface area contributed by atoms with Gasteiger partial charge in [0.15, 0.2) is 0 Å². The van der Waals surface area contributed by atoms with E-state index in [1.807, 2.05) is 0 Å².